The predicted molar refractivity (Wildman–Crippen MR) is 533 cm³/mol. The molecule has 51 nitrogen and oxygen atoms in total. The highest BCUT2D eigenvalue weighted by Gasteiger charge is 2.41. The second kappa shape index (κ2) is 61.3. The number of H-pyrrole nitrogens is 1. The molecule has 2 fully saturated rings. The number of guanidine groups is 4. The molecule has 0 saturated carbocycles. The number of fused-ring (bicyclic) bond motifs is 6. The summed E-state index contributed by atoms with van der Waals surface area (Å²) in [5, 5.41) is 96.1. The van der Waals surface area contributed by atoms with Gasteiger partial charge in [0.25, 0.3) is 0 Å². The summed E-state index contributed by atoms with van der Waals surface area (Å²) in [5.74, 6) is -24.0. The van der Waals surface area contributed by atoms with Crippen LogP contribution in [-0.2, 0) is 99.1 Å². The van der Waals surface area contributed by atoms with Gasteiger partial charge in [-0.25, -0.2) is 0 Å². The van der Waals surface area contributed by atoms with Gasteiger partial charge in [0.2, 0.25) is 106 Å². The third-order valence-corrected chi connectivity index (χ3v) is 26.8. The van der Waals surface area contributed by atoms with Crippen molar-refractivity contribution in [3.05, 3.63) is 65.9 Å². The molecule has 1 aromatic heterocycles. The highest BCUT2D eigenvalue weighted by molar-refractivity contribution is 8.77. The smallest absolute Gasteiger partial charge is 0.244 e. The zero-order valence-corrected chi connectivity index (χ0v) is 83.2. The van der Waals surface area contributed by atoms with E-state index in [9.17, 15) is 53.1 Å². The average Bonchev–Trinajstić information content (AvgIpc) is 1.70. The van der Waals surface area contributed by atoms with Crippen LogP contribution in [0.5, 0.6) is 5.75 Å². The maximum atomic E-state index is 15.7. The summed E-state index contributed by atoms with van der Waals surface area (Å²) in [6, 6.07) is -9.45. The van der Waals surface area contributed by atoms with E-state index in [0.29, 0.717) is 22.9 Å². The number of nitrogens with two attached hydrogens (primary N) is 6. The zero-order valence-electron chi connectivity index (χ0n) is 80.0. The van der Waals surface area contributed by atoms with Crippen LogP contribution in [-0.4, -0.2) is 300 Å². The Morgan fingerprint density at radius 3 is 1.57 bits per heavy atom. The summed E-state index contributed by atoms with van der Waals surface area (Å²) >= 11 is 0. The molecule has 39 N–H and O–H groups in total. The first-order valence-electron chi connectivity index (χ1n) is 45.9. The number of aromatic amines is 1. The van der Waals surface area contributed by atoms with E-state index in [4.69, 9.17) is 56.0 Å². The van der Waals surface area contributed by atoms with E-state index in [1.807, 2.05) is 0 Å². The molecule has 3 heterocycles. The molecule has 2 aliphatic rings. The molecule has 0 unspecified atom stereocenters. The Morgan fingerprint density at radius 1 is 0.475 bits per heavy atom. The molecule has 2 aliphatic heterocycles. The van der Waals surface area contributed by atoms with Gasteiger partial charge in [-0.3, -0.25) is 108 Å². The van der Waals surface area contributed by atoms with Gasteiger partial charge in [0.05, 0.1) is 32.2 Å². The normalized spacial score (nSPS) is 20.4. The molecular formula is C86H138N32O19S4. The van der Waals surface area contributed by atoms with Crippen LogP contribution < -0.4 is 146 Å². The lowest BCUT2D eigenvalue weighted by molar-refractivity contribution is -0.136. The first kappa shape index (κ1) is 118. The number of carbonyl (C=O) groups is 18. The van der Waals surface area contributed by atoms with Gasteiger partial charge in [0.15, 0.2) is 23.8 Å². The third-order valence-electron chi connectivity index (χ3n) is 22.0. The molecule has 2 bridgehead atoms. The SMILES string of the molecule is CC[C@H](C)[C@@H]1NC(=O)[C@H](Cc2c[nH]c3ccccc23)NC(=O)CNC(=O)[C@H](CCCNC(=N)N)NC(=O)[C@@H]2CSSC[C@H](NC1=O)C(=O)N[C@@H](C(C)C)C(=O)N[C@H](C(=O)N[C@H](C(=O)NCC(=O)N[C@@H](CCCNC(=N)N)C(N)=O)C(C)C)CSSC[C@H](NC(=O)[C@H](CC(C)C)NC(=O)[C@H](CCCNC(=N)N)NC(=O)CNC(=O)CNC(=O)[C@@H](N)CCCNC(=N)N)C(=O)N[C@@H](Cc1ccc(O)cc1)C(=O)N2. The van der Waals surface area contributed by atoms with Gasteiger partial charge in [-0.2, -0.15) is 0 Å². The molecule has 3 aromatic rings. The monoisotopic (exact) mass is 2050 g/mol. The minimum Gasteiger partial charge on any atom is -0.508 e. The topological polar surface area (TPSA) is 847 Å². The second-order valence-corrected chi connectivity index (χ2v) is 39.8. The Kier molecular flexibility index (Phi) is 51.4. The number of carbonyl (C=O) groups excluding carboxylic acids is 18. The molecule has 5 rings (SSSR count). The fourth-order valence-electron chi connectivity index (χ4n) is 14.1. The fraction of sp³-hybridized carbons (Fsp3) is 0.581. The summed E-state index contributed by atoms with van der Waals surface area (Å²) in [4.78, 5) is 265. The van der Waals surface area contributed by atoms with E-state index >= 15 is 38.4 Å². The van der Waals surface area contributed by atoms with Crippen LogP contribution >= 0.6 is 43.2 Å². The molecule has 780 valence electrons. The molecule has 55 heteroatoms. The largest absolute Gasteiger partial charge is 0.508 e. The van der Waals surface area contributed by atoms with Gasteiger partial charge < -0.3 is 156 Å². The van der Waals surface area contributed by atoms with Gasteiger partial charge >= 0.3 is 0 Å². The lowest BCUT2D eigenvalue weighted by Gasteiger charge is -2.30. The number of hydrogen-bond acceptors (Lipinski definition) is 28. The van der Waals surface area contributed by atoms with Gasteiger partial charge in [-0.1, -0.05) is 135 Å². The van der Waals surface area contributed by atoms with Crippen LogP contribution in [0.15, 0.2) is 54.7 Å². The van der Waals surface area contributed by atoms with Crippen molar-refractivity contribution in [3.63, 3.8) is 0 Å². The number of aromatic hydroxyl groups is 1. The molecule has 2 saturated heterocycles. The predicted octanol–water partition coefficient (Wildman–Crippen LogP) is -7.51. The maximum Gasteiger partial charge on any atom is 0.244 e. The number of phenols is 1. The maximum absolute atomic E-state index is 15.7. The highest BCUT2D eigenvalue weighted by Crippen LogP contribution is 2.28. The second-order valence-electron chi connectivity index (χ2n) is 34.7. The van der Waals surface area contributed by atoms with Crippen molar-refractivity contribution in [3.8, 4) is 5.75 Å². The number of aromatic nitrogens is 1. The molecule has 0 spiro atoms. The number of para-hydroxylation sites is 1. The Labute approximate surface area is 831 Å². The van der Waals surface area contributed by atoms with Crippen LogP contribution in [0.4, 0.5) is 0 Å². The van der Waals surface area contributed by atoms with Crippen LogP contribution in [0.25, 0.3) is 10.9 Å². The molecule has 15 atom stereocenters. The number of nitrogens with one attached hydrogen (secondary N) is 26. The standard InChI is InChI=1S/C86H138N32O19S4/c1-9-45(8)68-82(137)115-61-41-141-138-38-58(76(131)109-53(20-14-28-99-85(93)94)71(126)104-36-65(123)108-57(75(130)118-68)32-47-33-101-51-18-11-10-16-49(47)51)113-74(129)56(31-46-22-24-48(119)25-23-46)111-77(132)59(112-73(128)55(30-42(2)3)110-72(127)54(21-15-29-100-86(95)96)107-63(121)35-102-62(120)34-103-70(125)50(87)17-12-26-97-83(89)90)39-139-140-40-60(114-81(136)67(44(6)7)117-79(61)134)78(133)116-66(43(4)5)80(135)105-37-64(122)106-52(69(88)124)19-13-27-98-84(91)92/h10-11,16,18,22-25,33,42-45,50,52-61,66-68,101,119H,9,12-15,17,19-21,26-32,34-41,87H2,1-8H3,(H2,88,124)(H,102,120)(H,103,125)(H,104,126)(H,105,135)(H,106,122)(H,107,121)(H,108,123)(H,109,131)(H,110,127)(H,111,132)(H,112,128)(H,113,129)(H,114,136)(H,115,137)(H,116,133)(H,117,134)(H,118,130)(H4,89,90,97)(H4,91,92,98)(H4,93,94,99)(H4,95,96,100)/t45-,50-,52-,53-,54-,55-,56-,57-,58-,59-,60-,61-,66-,67-,68-/m0/s1. The Hall–Kier alpha value is -13.3. The van der Waals surface area contributed by atoms with E-state index in [1.165, 1.54) is 52.0 Å². The van der Waals surface area contributed by atoms with Crippen molar-refractivity contribution in [2.45, 2.75) is 217 Å². The van der Waals surface area contributed by atoms with Gasteiger partial charge in [-0.05, 0) is 111 Å². The Morgan fingerprint density at radius 2 is 0.986 bits per heavy atom. The number of hydrogen-bond donors (Lipinski definition) is 33. The molecular weight excluding hydrogens is 1910 g/mol. The first-order valence-corrected chi connectivity index (χ1v) is 50.9. The van der Waals surface area contributed by atoms with Crippen LogP contribution in [0, 0.1) is 45.3 Å². The van der Waals surface area contributed by atoms with E-state index in [0.717, 1.165) is 43.2 Å². The Balaban J connectivity index is 1.70. The van der Waals surface area contributed by atoms with Gasteiger partial charge in [-0.15, -0.1) is 0 Å². The molecule has 0 radical (unpaired) electrons. The van der Waals surface area contributed by atoms with Crippen LogP contribution in [0.2, 0.25) is 0 Å². The zero-order chi connectivity index (χ0) is 105. The van der Waals surface area contributed by atoms with Gasteiger partial charge in [0.1, 0.15) is 84.3 Å². The van der Waals surface area contributed by atoms with Crippen molar-refractivity contribution in [2.75, 3.05) is 75.4 Å². The third kappa shape index (κ3) is 43.5. The number of phenolic OH excluding ortho intramolecular Hbond substituents is 1. The van der Waals surface area contributed by atoms with E-state index in [2.05, 4.69) is 117 Å². The molecule has 18 amide bonds. The van der Waals surface area contributed by atoms with Crippen molar-refractivity contribution < 1.29 is 91.4 Å². The summed E-state index contributed by atoms with van der Waals surface area (Å²) < 4.78 is 0. The Bertz CT molecular complexity index is 4840. The molecule has 2 aromatic carbocycles. The number of amides is 18. The lowest BCUT2D eigenvalue weighted by Crippen LogP contribution is -2.62. The lowest BCUT2D eigenvalue weighted by atomic mass is 9.96. The summed E-state index contributed by atoms with van der Waals surface area (Å²) in [6.45, 7) is 10.3. The fourth-order valence-corrected chi connectivity index (χ4v) is 18.7. The van der Waals surface area contributed by atoms with E-state index in [-0.39, 0.29) is 114 Å². The average molecular weight is 2050 g/mol. The minimum absolute atomic E-state index is 0.00113. The van der Waals surface area contributed by atoms with Crippen molar-refractivity contribution in [1.82, 2.24) is 117 Å². The van der Waals surface area contributed by atoms with Gasteiger partial charge in [0, 0.05) is 79.1 Å². The number of rotatable bonds is 43. The van der Waals surface area contributed by atoms with Crippen molar-refractivity contribution in [2.24, 2.45) is 58.1 Å². The number of benzene rings is 2. The van der Waals surface area contributed by atoms with Crippen molar-refractivity contribution >= 4 is 184 Å². The first-order chi connectivity index (χ1) is 66.7. The highest BCUT2D eigenvalue weighted by atomic mass is 33.1. The summed E-state index contributed by atoms with van der Waals surface area (Å²) in [6.07, 6.45) is 1.36. The van der Waals surface area contributed by atoms with Crippen molar-refractivity contribution in [1.29, 1.82) is 21.6 Å². The number of primary amides is 1. The molecule has 0 aliphatic carbocycles. The van der Waals surface area contributed by atoms with Crippen LogP contribution in [0.1, 0.15) is 131 Å². The van der Waals surface area contributed by atoms with Crippen LogP contribution in [0.3, 0.4) is 0 Å². The quantitative estimate of drug-likeness (QED) is 0.0108. The van der Waals surface area contributed by atoms with E-state index < -0.39 is 282 Å². The minimum atomic E-state index is -1.83. The summed E-state index contributed by atoms with van der Waals surface area (Å²) in [5.41, 5.74) is 34.9. The van der Waals surface area contributed by atoms with E-state index in [1.54, 1.807) is 58.2 Å². The molecule has 141 heavy (non-hydrogen) atoms. The summed E-state index contributed by atoms with van der Waals surface area (Å²) in [7, 11) is 3.27.